The standard InChI is InChI=1S/C28H30O8/c1-4-32-27(31)19-14-20(22-21(19)24-25(23(22)29)36-28(2,3)35-24)34-26(30)17-10-12-18(13-11-17)33-15-16-8-6-5-7-9-16/h5-14,20-25,29H,4,15H2,1-3H3/t20-,21-,22+,23-,24+,25-/m1/s1. The predicted octanol–water partition coefficient (Wildman–Crippen LogP) is 3.42. The van der Waals surface area contributed by atoms with Crippen LogP contribution in [0.4, 0.5) is 0 Å². The molecule has 2 aromatic rings. The number of ether oxygens (including phenoxy) is 5. The summed E-state index contributed by atoms with van der Waals surface area (Å²) in [6, 6.07) is 16.4. The molecule has 0 aromatic heterocycles. The monoisotopic (exact) mass is 494 g/mol. The topological polar surface area (TPSA) is 101 Å². The highest BCUT2D eigenvalue weighted by molar-refractivity contribution is 5.92. The Kier molecular flexibility index (Phi) is 6.59. The molecule has 1 saturated heterocycles. The van der Waals surface area contributed by atoms with Crippen molar-refractivity contribution >= 4 is 11.9 Å². The van der Waals surface area contributed by atoms with Crippen molar-refractivity contribution in [1.29, 1.82) is 0 Å². The van der Waals surface area contributed by atoms with E-state index >= 15 is 0 Å². The third-order valence-corrected chi connectivity index (χ3v) is 6.84. The van der Waals surface area contributed by atoms with Crippen molar-refractivity contribution in [3.63, 3.8) is 0 Å². The third-order valence-electron chi connectivity index (χ3n) is 6.84. The van der Waals surface area contributed by atoms with Crippen LogP contribution in [0.5, 0.6) is 5.75 Å². The average Bonchev–Trinajstić information content (AvgIpc) is 3.47. The Balaban J connectivity index is 1.30. The Morgan fingerprint density at radius 1 is 0.972 bits per heavy atom. The highest BCUT2D eigenvalue weighted by Crippen LogP contribution is 2.52. The van der Waals surface area contributed by atoms with E-state index in [1.807, 2.05) is 30.3 Å². The fourth-order valence-corrected chi connectivity index (χ4v) is 5.34. The molecule has 0 amide bonds. The summed E-state index contributed by atoms with van der Waals surface area (Å²) in [5.74, 6) is -2.42. The van der Waals surface area contributed by atoms with Crippen molar-refractivity contribution in [3.05, 3.63) is 77.4 Å². The first-order valence-corrected chi connectivity index (χ1v) is 12.2. The Morgan fingerprint density at radius 2 is 1.67 bits per heavy atom. The van der Waals surface area contributed by atoms with Crippen LogP contribution in [0.1, 0.15) is 36.7 Å². The second-order valence-corrected chi connectivity index (χ2v) is 9.67. The molecule has 5 rings (SSSR count). The Bertz CT molecular complexity index is 1140. The van der Waals surface area contributed by atoms with Gasteiger partial charge in [-0.25, -0.2) is 9.59 Å². The summed E-state index contributed by atoms with van der Waals surface area (Å²) in [4.78, 5) is 25.7. The van der Waals surface area contributed by atoms with E-state index in [-0.39, 0.29) is 6.61 Å². The maximum absolute atomic E-state index is 13.0. The van der Waals surface area contributed by atoms with Crippen molar-refractivity contribution in [1.82, 2.24) is 0 Å². The van der Waals surface area contributed by atoms with E-state index in [4.69, 9.17) is 23.7 Å². The van der Waals surface area contributed by atoms with Gasteiger partial charge in [0, 0.05) is 17.4 Å². The first-order chi connectivity index (χ1) is 17.3. The molecule has 36 heavy (non-hydrogen) atoms. The van der Waals surface area contributed by atoms with E-state index < -0.39 is 54.0 Å². The number of aliphatic hydroxyl groups excluding tert-OH is 1. The molecule has 2 aliphatic carbocycles. The van der Waals surface area contributed by atoms with Crippen molar-refractivity contribution in [3.8, 4) is 5.75 Å². The van der Waals surface area contributed by atoms with Gasteiger partial charge in [0.2, 0.25) is 0 Å². The molecule has 2 aromatic carbocycles. The molecule has 0 unspecified atom stereocenters. The highest BCUT2D eigenvalue weighted by Gasteiger charge is 2.64. The van der Waals surface area contributed by atoms with Crippen molar-refractivity contribution in [2.75, 3.05) is 6.61 Å². The van der Waals surface area contributed by atoms with Gasteiger partial charge in [-0.05, 0) is 56.7 Å². The van der Waals surface area contributed by atoms with Crippen LogP contribution >= 0.6 is 0 Å². The molecule has 0 spiro atoms. The van der Waals surface area contributed by atoms with Gasteiger partial charge in [-0.2, -0.15) is 0 Å². The first kappa shape index (κ1) is 24.5. The molecule has 8 heteroatoms. The number of carbonyl (C=O) groups excluding carboxylic acids is 2. The van der Waals surface area contributed by atoms with E-state index in [1.165, 1.54) is 0 Å². The molecular weight excluding hydrogens is 464 g/mol. The van der Waals surface area contributed by atoms with Crippen LogP contribution in [0.2, 0.25) is 0 Å². The van der Waals surface area contributed by atoms with Gasteiger partial charge >= 0.3 is 11.9 Å². The van der Waals surface area contributed by atoms with E-state index in [2.05, 4.69) is 0 Å². The van der Waals surface area contributed by atoms with Gasteiger partial charge in [0.15, 0.2) is 5.79 Å². The number of rotatable bonds is 7. The van der Waals surface area contributed by atoms with Crippen LogP contribution in [-0.4, -0.2) is 53.9 Å². The summed E-state index contributed by atoms with van der Waals surface area (Å²) in [5, 5.41) is 11.1. The second-order valence-electron chi connectivity index (χ2n) is 9.67. The lowest BCUT2D eigenvalue weighted by Gasteiger charge is -2.27. The maximum atomic E-state index is 13.0. The van der Waals surface area contributed by atoms with Gasteiger partial charge in [0.25, 0.3) is 0 Å². The molecule has 1 heterocycles. The van der Waals surface area contributed by atoms with Crippen LogP contribution in [-0.2, 0) is 30.3 Å². The van der Waals surface area contributed by atoms with Crippen LogP contribution in [0, 0.1) is 11.8 Å². The van der Waals surface area contributed by atoms with Crippen molar-refractivity contribution < 1.29 is 38.4 Å². The van der Waals surface area contributed by atoms with Crippen molar-refractivity contribution in [2.24, 2.45) is 11.8 Å². The number of benzene rings is 2. The Morgan fingerprint density at radius 3 is 2.36 bits per heavy atom. The summed E-state index contributed by atoms with van der Waals surface area (Å²) >= 11 is 0. The molecule has 1 saturated carbocycles. The Labute approximate surface area is 209 Å². The number of carbonyl (C=O) groups is 2. The van der Waals surface area contributed by atoms with Crippen LogP contribution in [0.25, 0.3) is 0 Å². The summed E-state index contributed by atoms with van der Waals surface area (Å²) in [6.07, 6.45) is -1.39. The number of aliphatic hydroxyl groups is 1. The van der Waals surface area contributed by atoms with Gasteiger partial charge in [-0.1, -0.05) is 30.3 Å². The van der Waals surface area contributed by atoms with E-state index in [1.54, 1.807) is 51.1 Å². The van der Waals surface area contributed by atoms with Gasteiger partial charge in [0.05, 0.1) is 24.4 Å². The van der Waals surface area contributed by atoms with Gasteiger partial charge in [-0.15, -0.1) is 0 Å². The quantitative estimate of drug-likeness (QED) is 0.585. The van der Waals surface area contributed by atoms with E-state index in [0.29, 0.717) is 23.5 Å². The lowest BCUT2D eigenvalue weighted by Crippen LogP contribution is -2.37. The largest absolute Gasteiger partial charge is 0.489 e. The van der Waals surface area contributed by atoms with Crippen LogP contribution in [0.3, 0.4) is 0 Å². The number of fused-ring (bicyclic) bond motifs is 3. The maximum Gasteiger partial charge on any atom is 0.338 e. The van der Waals surface area contributed by atoms with Gasteiger partial charge in [-0.3, -0.25) is 0 Å². The van der Waals surface area contributed by atoms with Gasteiger partial charge < -0.3 is 28.8 Å². The van der Waals surface area contributed by atoms with Crippen molar-refractivity contribution in [2.45, 2.75) is 57.6 Å². The van der Waals surface area contributed by atoms with E-state index in [9.17, 15) is 14.7 Å². The summed E-state index contributed by atoms with van der Waals surface area (Å²) in [5.41, 5.74) is 1.72. The van der Waals surface area contributed by atoms with Crippen LogP contribution < -0.4 is 4.74 Å². The van der Waals surface area contributed by atoms with E-state index in [0.717, 1.165) is 5.56 Å². The minimum Gasteiger partial charge on any atom is -0.489 e. The number of hydrogen-bond acceptors (Lipinski definition) is 8. The first-order valence-electron chi connectivity index (χ1n) is 12.2. The molecule has 0 radical (unpaired) electrons. The molecule has 6 atom stereocenters. The smallest absolute Gasteiger partial charge is 0.338 e. The fraction of sp³-hybridized carbons (Fsp3) is 0.429. The highest BCUT2D eigenvalue weighted by atomic mass is 16.8. The zero-order valence-corrected chi connectivity index (χ0v) is 20.5. The zero-order valence-electron chi connectivity index (χ0n) is 20.5. The minimum absolute atomic E-state index is 0.205. The SMILES string of the molecule is CCOC(=O)C1=C[C@@H](OC(=O)c2ccc(OCc3ccccc3)cc2)[C@@H]2[C@@H](O)[C@H]3OC(C)(C)O[C@H]3[C@H]12. The Hall–Kier alpha value is -3.20. The summed E-state index contributed by atoms with van der Waals surface area (Å²) < 4.78 is 28.8. The fourth-order valence-electron chi connectivity index (χ4n) is 5.34. The van der Waals surface area contributed by atoms with Gasteiger partial charge in [0.1, 0.15) is 24.6 Å². The summed E-state index contributed by atoms with van der Waals surface area (Å²) in [6.45, 7) is 5.87. The molecule has 1 aliphatic heterocycles. The zero-order chi connectivity index (χ0) is 25.4. The molecule has 0 bridgehead atoms. The number of hydrogen-bond donors (Lipinski definition) is 1. The molecule has 190 valence electrons. The summed E-state index contributed by atoms with van der Waals surface area (Å²) in [7, 11) is 0. The lowest BCUT2D eigenvalue weighted by atomic mass is 9.91. The molecule has 8 nitrogen and oxygen atoms in total. The van der Waals surface area contributed by atoms with Crippen LogP contribution in [0.15, 0.2) is 66.2 Å². The average molecular weight is 495 g/mol. The lowest BCUT2D eigenvalue weighted by molar-refractivity contribution is -0.175. The predicted molar refractivity (Wildman–Crippen MR) is 128 cm³/mol. The second kappa shape index (κ2) is 9.69. The normalized spacial score (nSPS) is 29.7. The molecular formula is C28H30O8. The third kappa shape index (κ3) is 4.64. The minimum atomic E-state index is -0.975. The molecule has 2 fully saturated rings. The number of esters is 2. The molecule has 1 N–H and O–H groups in total. The molecule has 3 aliphatic rings.